The number of rotatable bonds is 7. The summed E-state index contributed by atoms with van der Waals surface area (Å²) in [5.74, 6) is 0.910. The average molecular weight is 363 g/mol. The smallest absolute Gasteiger partial charge is 0.161 e. The fourth-order valence-electron chi connectivity index (χ4n) is 2.62. The topological polar surface area (TPSA) is 30.8 Å². The molecule has 138 valence electrons. The van der Waals surface area contributed by atoms with E-state index in [1.54, 1.807) is 24.4 Å². The monoisotopic (exact) mass is 363 g/mol. The van der Waals surface area contributed by atoms with Crippen LogP contribution in [-0.4, -0.2) is 12.8 Å². The fourth-order valence-corrected chi connectivity index (χ4v) is 2.62. The molecule has 0 atom stereocenters. The van der Waals surface area contributed by atoms with Crippen molar-refractivity contribution in [3.8, 4) is 11.5 Å². The lowest BCUT2D eigenvalue weighted by atomic mass is 10.2. The summed E-state index contributed by atoms with van der Waals surface area (Å²) >= 11 is 0. The van der Waals surface area contributed by atoms with Crippen molar-refractivity contribution in [1.82, 2.24) is 0 Å². The zero-order chi connectivity index (χ0) is 19.1. The normalized spacial score (nSPS) is 10.9. The van der Waals surface area contributed by atoms with Crippen LogP contribution in [0.5, 0.6) is 11.5 Å². The van der Waals surface area contributed by atoms with E-state index in [1.165, 1.54) is 6.07 Å². The first-order valence-corrected chi connectivity index (χ1v) is 8.90. The molecule has 0 aliphatic heterocycles. The minimum absolute atomic E-state index is 0.142. The van der Waals surface area contributed by atoms with Crippen molar-refractivity contribution in [3.05, 3.63) is 89.2 Å². The van der Waals surface area contributed by atoms with Crippen LogP contribution in [0.15, 0.2) is 71.7 Å². The summed E-state index contributed by atoms with van der Waals surface area (Å²) in [4.78, 5) is 4.54. The summed E-state index contributed by atoms with van der Waals surface area (Å²) in [5, 5.41) is 0. The minimum atomic E-state index is -0.280. The van der Waals surface area contributed by atoms with Gasteiger partial charge in [-0.25, -0.2) is 4.39 Å². The van der Waals surface area contributed by atoms with Crippen LogP contribution < -0.4 is 9.47 Å². The Labute approximate surface area is 159 Å². The van der Waals surface area contributed by atoms with Crippen molar-refractivity contribution < 1.29 is 13.9 Å². The first-order valence-electron chi connectivity index (χ1n) is 8.90. The molecule has 3 rings (SSSR count). The van der Waals surface area contributed by atoms with Gasteiger partial charge in [0.2, 0.25) is 0 Å². The van der Waals surface area contributed by atoms with E-state index in [0.717, 1.165) is 16.8 Å². The number of hydrogen-bond donors (Lipinski definition) is 0. The van der Waals surface area contributed by atoms with E-state index in [0.29, 0.717) is 23.7 Å². The molecular formula is C23H22FNO2. The lowest BCUT2D eigenvalue weighted by molar-refractivity contribution is 0.266. The maximum absolute atomic E-state index is 13.8. The number of aryl methyl sites for hydroxylation is 1. The third-order valence-corrected chi connectivity index (χ3v) is 4.08. The van der Waals surface area contributed by atoms with Gasteiger partial charge in [0.05, 0.1) is 12.3 Å². The molecule has 0 aliphatic rings. The molecule has 0 amide bonds. The molecule has 27 heavy (non-hydrogen) atoms. The summed E-state index contributed by atoms with van der Waals surface area (Å²) in [6, 6.07) is 20.1. The summed E-state index contributed by atoms with van der Waals surface area (Å²) in [6.07, 6.45) is 1.80. The zero-order valence-corrected chi connectivity index (χ0v) is 15.5. The summed E-state index contributed by atoms with van der Waals surface area (Å²) in [7, 11) is 0. The van der Waals surface area contributed by atoms with Gasteiger partial charge >= 0.3 is 0 Å². The molecule has 0 spiro atoms. The van der Waals surface area contributed by atoms with Gasteiger partial charge in [0.25, 0.3) is 0 Å². The number of aliphatic imine (C=N–C) groups is 1. The number of halogens is 1. The molecule has 0 saturated heterocycles. The van der Waals surface area contributed by atoms with Gasteiger partial charge in [-0.3, -0.25) is 4.99 Å². The number of benzene rings is 3. The van der Waals surface area contributed by atoms with E-state index < -0.39 is 0 Å². The minimum Gasteiger partial charge on any atom is -0.490 e. The highest BCUT2D eigenvalue weighted by atomic mass is 19.1. The maximum atomic E-state index is 13.8. The SMILES string of the molecule is CCOc1cc(C=Nc2ccccc2C)ccc1OCc1ccccc1F. The third kappa shape index (κ3) is 4.94. The quantitative estimate of drug-likeness (QED) is 0.492. The van der Waals surface area contributed by atoms with E-state index in [-0.39, 0.29) is 12.4 Å². The largest absolute Gasteiger partial charge is 0.490 e. The highest BCUT2D eigenvalue weighted by Gasteiger charge is 2.08. The van der Waals surface area contributed by atoms with Crippen LogP contribution in [0.25, 0.3) is 0 Å². The van der Waals surface area contributed by atoms with Crippen molar-refractivity contribution in [2.45, 2.75) is 20.5 Å². The Hall–Kier alpha value is -3.14. The second-order valence-electron chi connectivity index (χ2n) is 6.06. The number of hydrogen-bond acceptors (Lipinski definition) is 3. The molecule has 4 heteroatoms. The molecule has 0 aromatic heterocycles. The number of ether oxygens (including phenoxy) is 2. The van der Waals surface area contributed by atoms with Crippen LogP contribution in [0, 0.1) is 12.7 Å². The number of nitrogens with zero attached hydrogens (tertiary/aromatic N) is 1. The van der Waals surface area contributed by atoms with Crippen LogP contribution in [0.4, 0.5) is 10.1 Å². The molecule has 3 aromatic carbocycles. The van der Waals surface area contributed by atoms with Crippen molar-refractivity contribution in [3.63, 3.8) is 0 Å². The van der Waals surface area contributed by atoms with Gasteiger partial charge in [0, 0.05) is 11.8 Å². The molecule has 0 N–H and O–H groups in total. The van der Waals surface area contributed by atoms with Gasteiger partial charge in [-0.05, 0) is 55.3 Å². The van der Waals surface area contributed by atoms with Gasteiger partial charge in [0.1, 0.15) is 12.4 Å². The molecule has 0 bridgehead atoms. The van der Waals surface area contributed by atoms with Crippen molar-refractivity contribution in [1.29, 1.82) is 0 Å². The summed E-state index contributed by atoms with van der Waals surface area (Å²) in [5.41, 5.74) is 3.45. The van der Waals surface area contributed by atoms with Gasteiger partial charge in [0.15, 0.2) is 11.5 Å². The predicted octanol–water partition coefficient (Wildman–Crippen LogP) is 5.86. The first kappa shape index (κ1) is 18.6. The fraction of sp³-hybridized carbons (Fsp3) is 0.174. The zero-order valence-electron chi connectivity index (χ0n) is 15.5. The molecular weight excluding hydrogens is 341 g/mol. The Balaban J connectivity index is 1.78. The van der Waals surface area contributed by atoms with E-state index in [2.05, 4.69) is 4.99 Å². The van der Waals surface area contributed by atoms with Crippen LogP contribution >= 0.6 is 0 Å². The third-order valence-electron chi connectivity index (χ3n) is 4.08. The average Bonchev–Trinajstić information content (AvgIpc) is 2.68. The van der Waals surface area contributed by atoms with Crippen molar-refractivity contribution >= 4 is 11.9 Å². The molecule has 0 fully saturated rings. The van der Waals surface area contributed by atoms with Gasteiger partial charge in [-0.2, -0.15) is 0 Å². The molecule has 0 saturated carbocycles. The van der Waals surface area contributed by atoms with Gasteiger partial charge in [-0.15, -0.1) is 0 Å². The molecule has 0 heterocycles. The lowest BCUT2D eigenvalue weighted by Crippen LogP contribution is -2.01. The molecule has 0 unspecified atom stereocenters. The second-order valence-corrected chi connectivity index (χ2v) is 6.06. The predicted molar refractivity (Wildman–Crippen MR) is 107 cm³/mol. The maximum Gasteiger partial charge on any atom is 0.161 e. The van der Waals surface area contributed by atoms with Crippen molar-refractivity contribution in [2.75, 3.05) is 6.61 Å². The molecule has 3 nitrogen and oxygen atoms in total. The Kier molecular flexibility index (Phi) is 6.21. The van der Waals surface area contributed by atoms with Crippen LogP contribution in [-0.2, 0) is 6.61 Å². The van der Waals surface area contributed by atoms with E-state index in [4.69, 9.17) is 9.47 Å². The Morgan fingerprint density at radius 3 is 2.48 bits per heavy atom. The van der Waals surface area contributed by atoms with E-state index >= 15 is 0 Å². The Morgan fingerprint density at radius 1 is 0.926 bits per heavy atom. The summed E-state index contributed by atoms with van der Waals surface area (Å²) < 4.78 is 25.2. The molecule has 0 aliphatic carbocycles. The van der Waals surface area contributed by atoms with Crippen LogP contribution in [0.2, 0.25) is 0 Å². The summed E-state index contributed by atoms with van der Waals surface area (Å²) in [6.45, 7) is 4.59. The second kappa shape index (κ2) is 8.99. The molecule has 3 aromatic rings. The molecule has 0 radical (unpaired) electrons. The first-order chi connectivity index (χ1) is 13.2. The lowest BCUT2D eigenvalue weighted by Gasteiger charge is -2.13. The number of para-hydroxylation sites is 1. The van der Waals surface area contributed by atoms with Crippen LogP contribution in [0.3, 0.4) is 0 Å². The standard InChI is InChI=1S/C23H22FNO2/c1-3-26-23-14-18(15-25-21-11-7-4-8-17(21)2)12-13-22(23)27-16-19-9-5-6-10-20(19)24/h4-15H,3,16H2,1-2H3. The van der Waals surface area contributed by atoms with E-state index in [9.17, 15) is 4.39 Å². The highest BCUT2D eigenvalue weighted by Crippen LogP contribution is 2.29. The van der Waals surface area contributed by atoms with Gasteiger partial charge in [-0.1, -0.05) is 36.4 Å². The van der Waals surface area contributed by atoms with Crippen LogP contribution in [0.1, 0.15) is 23.6 Å². The van der Waals surface area contributed by atoms with Gasteiger partial charge < -0.3 is 9.47 Å². The van der Waals surface area contributed by atoms with E-state index in [1.807, 2.05) is 56.3 Å². The van der Waals surface area contributed by atoms with Crippen molar-refractivity contribution in [2.24, 2.45) is 4.99 Å². The Morgan fingerprint density at radius 2 is 1.70 bits per heavy atom. The Bertz CT molecular complexity index is 937. The highest BCUT2D eigenvalue weighted by molar-refractivity contribution is 5.83.